The normalized spacial score (nSPS) is 14.5. The molecule has 0 radical (unpaired) electrons. The molecule has 7 nitrogen and oxygen atoms in total. The number of guanidine groups is 1. The summed E-state index contributed by atoms with van der Waals surface area (Å²) in [6.07, 6.45) is 0. The van der Waals surface area contributed by atoms with Crippen LogP contribution in [0.5, 0.6) is 5.75 Å². The van der Waals surface area contributed by atoms with Crippen molar-refractivity contribution in [2.75, 3.05) is 40.8 Å². The van der Waals surface area contributed by atoms with E-state index >= 15 is 0 Å². The number of halogens is 1. The fourth-order valence-electron chi connectivity index (χ4n) is 3.53. The topological polar surface area (TPSA) is 82.3 Å². The van der Waals surface area contributed by atoms with Crippen molar-refractivity contribution in [1.29, 1.82) is 0 Å². The number of benzene rings is 1. The van der Waals surface area contributed by atoms with E-state index in [-0.39, 0.29) is 36.6 Å². The lowest BCUT2D eigenvalue weighted by atomic mass is 9.96. The molecule has 0 saturated heterocycles. The lowest BCUT2D eigenvalue weighted by molar-refractivity contribution is 0.0657. The number of nitrogens with one attached hydrogen (secondary N) is 2. The van der Waals surface area contributed by atoms with Crippen LogP contribution >= 0.6 is 24.0 Å². The van der Waals surface area contributed by atoms with Gasteiger partial charge >= 0.3 is 0 Å². The van der Waals surface area contributed by atoms with Crippen molar-refractivity contribution in [1.82, 2.24) is 15.5 Å². The molecule has 0 aliphatic heterocycles. The van der Waals surface area contributed by atoms with Crippen molar-refractivity contribution >= 4 is 29.9 Å². The van der Waals surface area contributed by atoms with E-state index in [0.717, 1.165) is 34.9 Å². The van der Waals surface area contributed by atoms with Crippen LogP contribution in [0.2, 0.25) is 0 Å². The highest BCUT2D eigenvalue weighted by Gasteiger charge is 2.28. The zero-order valence-corrected chi connectivity index (χ0v) is 22.0. The van der Waals surface area contributed by atoms with Crippen molar-refractivity contribution in [2.45, 2.75) is 39.3 Å². The van der Waals surface area contributed by atoms with Gasteiger partial charge in [0, 0.05) is 24.2 Å². The second-order valence-electron chi connectivity index (χ2n) is 7.90. The maximum Gasteiger partial charge on any atom is 0.191 e. The Morgan fingerprint density at radius 3 is 2.48 bits per heavy atom. The molecule has 174 valence electrons. The molecule has 0 saturated carbocycles. The van der Waals surface area contributed by atoms with Gasteiger partial charge < -0.3 is 29.8 Å². The molecule has 0 fully saturated rings. The number of aryl methyl sites for hydroxylation is 2. The molecule has 8 heteroatoms. The zero-order valence-electron chi connectivity index (χ0n) is 19.7. The third kappa shape index (κ3) is 7.40. The lowest BCUT2D eigenvalue weighted by Crippen LogP contribution is -2.42. The van der Waals surface area contributed by atoms with Crippen molar-refractivity contribution < 1.29 is 14.3 Å². The first-order chi connectivity index (χ1) is 14.2. The van der Waals surface area contributed by atoms with E-state index < -0.39 is 5.60 Å². The fourth-order valence-corrected chi connectivity index (χ4v) is 3.53. The van der Waals surface area contributed by atoms with Gasteiger partial charge in [0.25, 0.3) is 0 Å². The molecule has 3 N–H and O–H groups in total. The number of rotatable bonds is 9. The number of hydrogen-bond donors (Lipinski definition) is 3. The van der Waals surface area contributed by atoms with Crippen molar-refractivity contribution in [2.24, 2.45) is 4.99 Å². The Bertz CT molecular complexity index is 849. The van der Waals surface area contributed by atoms with E-state index in [1.54, 1.807) is 14.0 Å². The van der Waals surface area contributed by atoms with Gasteiger partial charge in [-0.1, -0.05) is 18.2 Å². The number of methoxy groups -OCH3 is 1. The molecule has 1 aromatic heterocycles. The van der Waals surface area contributed by atoms with Crippen LogP contribution in [0.15, 0.2) is 39.7 Å². The molecule has 2 atom stereocenters. The molecular formula is C23H37IN4O3. The molecule has 1 heterocycles. The standard InChI is InChI=1S/C23H36N4O3.HI/c1-8-24-22(26-15-23(4,28)19-13-16(2)30-17(19)3)25-14-20(27(5)6)18-11-9-10-12-21(18)29-7;/h9-13,20,28H,8,14-15H2,1-7H3,(H2,24,25,26);1H. The molecule has 0 amide bonds. The van der Waals surface area contributed by atoms with Gasteiger partial charge in [0.05, 0.1) is 19.7 Å². The number of para-hydroxylation sites is 1. The number of nitrogens with zero attached hydrogens (tertiary/aromatic N) is 2. The van der Waals surface area contributed by atoms with Crippen molar-refractivity contribution in [3.63, 3.8) is 0 Å². The SMILES string of the molecule is CCNC(=NCC(C)(O)c1cc(C)oc1C)NCC(c1ccccc1OC)N(C)C.I. The van der Waals surface area contributed by atoms with Crippen molar-refractivity contribution in [3.05, 3.63) is 53.0 Å². The van der Waals surface area contributed by atoms with Gasteiger partial charge in [0.2, 0.25) is 0 Å². The predicted molar refractivity (Wildman–Crippen MR) is 137 cm³/mol. The number of likely N-dealkylation sites (N-methyl/N-ethyl adjacent to an activating group) is 1. The van der Waals surface area contributed by atoms with E-state index in [1.807, 2.05) is 59.1 Å². The highest BCUT2D eigenvalue weighted by Crippen LogP contribution is 2.28. The fraction of sp³-hybridized carbons (Fsp3) is 0.522. The minimum absolute atomic E-state index is 0. The van der Waals surface area contributed by atoms with Crippen LogP contribution in [-0.2, 0) is 5.60 Å². The number of hydrogen-bond acceptors (Lipinski definition) is 5. The average Bonchev–Trinajstić information content (AvgIpc) is 3.05. The Hall–Kier alpha value is -1.78. The summed E-state index contributed by atoms with van der Waals surface area (Å²) in [6.45, 7) is 9.07. The Labute approximate surface area is 203 Å². The largest absolute Gasteiger partial charge is 0.496 e. The third-order valence-corrected chi connectivity index (χ3v) is 5.09. The quantitative estimate of drug-likeness (QED) is 0.255. The highest BCUT2D eigenvalue weighted by atomic mass is 127. The summed E-state index contributed by atoms with van der Waals surface area (Å²) in [5.74, 6) is 3.00. The van der Waals surface area contributed by atoms with Crippen LogP contribution < -0.4 is 15.4 Å². The molecule has 2 rings (SSSR count). The van der Waals surface area contributed by atoms with Gasteiger partial charge in [0.15, 0.2) is 5.96 Å². The van der Waals surface area contributed by atoms with Gasteiger partial charge in [-0.05, 0) is 53.9 Å². The van der Waals surface area contributed by atoms with E-state index in [9.17, 15) is 5.11 Å². The van der Waals surface area contributed by atoms with Gasteiger partial charge in [-0.3, -0.25) is 0 Å². The molecule has 1 aromatic carbocycles. The maximum atomic E-state index is 11.0. The van der Waals surface area contributed by atoms with Crippen LogP contribution in [0.3, 0.4) is 0 Å². The second kappa shape index (κ2) is 12.3. The second-order valence-corrected chi connectivity index (χ2v) is 7.90. The number of aliphatic hydroxyl groups is 1. The van der Waals surface area contributed by atoms with Gasteiger partial charge in [-0.2, -0.15) is 0 Å². The van der Waals surface area contributed by atoms with Crippen LogP contribution in [0.1, 0.15) is 42.5 Å². The van der Waals surface area contributed by atoms with E-state index in [4.69, 9.17) is 9.15 Å². The molecule has 31 heavy (non-hydrogen) atoms. The van der Waals surface area contributed by atoms with Crippen LogP contribution in [0.4, 0.5) is 0 Å². The number of furan rings is 1. The first-order valence-corrected chi connectivity index (χ1v) is 10.3. The molecule has 0 aliphatic carbocycles. The highest BCUT2D eigenvalue weighted by molar-refractivity contribution is 14.0. The first kappa shape index (κ1) is 27.3. The third-order valence-electron chi connectivity index (χ3n) is 5.09. The summed E-state index contributed by atoms with van der Waals surface area (Å²) >= 11 is 0. The molecule has 2 aromatic rings. The summed E-state index contributed by atoms with van der Waals surface area (Å²) in [5, 5.41) is 17.6. The predicted octanol–water partition coefficient (Wildman–Crippen LogP) is 3.59. The Balaban J connectivity index is 0.00000480. The summed E-state index contributed by atoms with van der Waals surface area (Å²) < 4.78 is 11.1. The molecule has 0 bridgehead atoms. The summed E-state index contributed by atoms with van der Waals surface area (Å²) in [5.41, 5.74) is 0.748. The molecule has 2 unspecified atom stereocenters. The minimum Gasteiger partial charge on any atom is -0.496 e. The maximum absolute atomic E-state index is 11.0. The van der Waals surface area contributed by atoms with Crippen LogP contribution in [-0.4, -0.2) is 56.8 Å². The molecule has 0 spiro atoms. The van der Waals surface area contributed by atoms with E-state index in [0.29, 0.717) is 12.5 Å². The van der Waals surface area contributed by atoms with Crippen molar-refractivity contribution in [3.8, 4) is 5.75 Å². The zero-order chi connectivity index (χ0) is 22.3. The van der Waals surface area contributed by atoms with Crippen LogP contribution in [0, 0.1) is 13.8 Å². The van der Waals surface area contributed by atoms with Gasteiger partial charge in [0.1, 0.15) is 22.9 Å². The molecular weight excluding hydrogens is 507 g/mol. The monoisotopic (exact) mass is 544 g/mol. The van der Waals surface area contributed by atoms with Crippen LogP contribution in [0.25, 0.3) is 0 Å². The van der Waals surface area contributed by atoms with Gasteiger partial charge in [-0.25, -0.2) is 4.99 Å². The Kier molecular flexibility index (Phi) is 10.8. The Morgan fingerprint density at radius 2 is 1.94 bits per heavy atom. The number of ether oxygens (including phenoxy) is 1. The number of aliphatic imine (C=N–C) groups is 1. The molecule has 0 aliphatic rings. The first-order valence-electron chi connectivity index (χ1n) is 10.3. The summed E-state index contributed by atoms with van der Waals surface area (Å²) in [6, 6.07) is 9.98. The van der Waals surface area contributed by atoms with E-state index in [1.165, 1.54) is 0 Å². The Morgan fingerprint density at radius 1 is 1.26 bits per heavy atom. The van der Waals surface area contributed by atoms with E-state index in [2.05, 4.69) is 26.6 Å². The summed E-state index contributed by atoms with van der Waals surface area (Å²) in [7, 11) is 5.77. The van der Waals surface area contributed by atoms with Gasteiger partial charge in [-0.15, -0.1) is 24.0 Å². The minimum atomic E-state index is -1.12. The lowest BCUT2D eigenvalue weighted by Gasteiger charge is -2.27. The smallest absolute Gasteiger partial charge is 0.191 e. The summed E-state index contributed by atoms with van der Waals surface area (Å²) in [4.78, 5) is 6.77. The average molecular weight is 544 g/mol.